The van der Waals surface area contributed by atoms with E-state index in [0.717, 1.165) is 29.7 Å². The van der Waals surface area contributed by atoms with Crippen LogP contribution in [0.4, 0.5) is 5.00 Å². The lowest BCUT2D eigenvalue weighted by atomic mass is 10.1. The van der Waals surface area contributed by atoms with Crippen molar-refractivity contribution in [2.45, 2.75) is 19.3 Å². The number of esters is 1. The Bertz CT molecular complexity index is 974. The molecule has 0 fully saturated rings. The van der Waals surface area contributed by atoms with Gasteiger partial charge in [0.05, 0.1) is 32.5 Å². The number of aryl methyl sites for hydroxylation is 1. The standard InChI is InChI=1S/C20H22N2O7S/c1-26-12-7-10(8-13(27-2)17(12)28-3)20(25)29-9-15(23)22-19-16(18(21)24)11-5-4-6-14(11)30-19/h7-8H,4-6,9H2,1-3H3,(H2,21,24)(H,22,23). The van der Waals surface area contributed by atoms with Crippen molar-refractivity contribution in [1.82, 2.24) is 0 Å². The number of hydrogen-bond donors (Lipinski definition) is 2. The molecule has 0 atom stereocenters. The van der Waals surface area contributed by atoms with E-state index in [9.17, 15) is 14.4 Å². The van der Waals surface area contributed by atoms with Crippen molar-refractivity contribution in [3.63, 3.8) is 0 Å². The van der Waals surface area contributed by atoms with E-state index in [1.807, 2.05) is 0 Å². The molecule has 0 aliphatic heterocycles. The predicted molar refractivity (Wildman–Crippen MR) is 110 cm³/mol. The molecule has 3 rings (SSSR count). The summed E-state index contributed by atoms with van der Waals surface area (Å²) in [7, 11) is 4.30. The molecule has 0 spiro atoms. The molecular formula is C20H22N2O7S. The fourth-order valence-corrected chi connectivity index (χ4v) is 4.64. The molecule has 1 heterocycles. The Morgan fingerprint density at radius 2 is 1.73 bits per heavy atom. The Morgan fingerprint density at radius 3 is 2.30 bits per heavy atom. The van der Waals surface area contributed by atoms with Crippen LogP contribution < -0.4 is 25.3 Å². The number of methoxy groups -OCH3 is 3. The van der Waals surface area contributed by atoms with Gasteiger partial charge in [-0.05, 0) is 37.0 Å². The third-order valence-electron chi connectivity index (χ3n) is 4.66. The normalized spacial score (nSPS) is 12.1. The van der Waals surface area contributed by atoms with Crippen LogP contribution in [0.5, 0.6) is 17.2 Å². The van der Waals surface area contributed by atoms with Crippen LogP contribution in [-0.4, -0.2) is 45.7 Å². The number of rotatable bonds is 8. The summed E-state index contributed by atoms with van der Waals surface area (Å²) >= 11 is 1.33. The number of carbonyl (C=O) groups excluding carboxylic acids is 3. The van der Waals surface area contributed by atoms with Gasteiger partial charge in [0, 0.05) is 4.88 Å². The Hall–Kier alpha value is -3.27. The van der Waals surface area contributed by atoms with Crippen molar-refractivity contribution < 1.29 is 33.3 Å². The molecular weight excluding hydrogens is 412 g/mol. The molecule has 2 amide bonds. The number of benzene rings is 1. The SMILES string of the molecule is COc1cc(C(=O)OCC(=O)Nc2sc3c(c2C(N)=O)CCC3)cc(OC)c1OC. The largest absolute Gasteiger partial charge is 0.493 e. The molecule has 1 aliphatic carbocycles. The summed E-state index contributed by atoms with van der Waals surface area (Å²) in [6, 6.07) is 2.85. The molecule has 0 saturated heterocycles. The quantitative estimate of drug-likeness (QED) is 0.610. The summed E-state index contributed by atoms with van der Waals surface area (Å²) in [6.45, 7) is -0.531. The zero-order valence-electron chi connectivity index (χ0n) is 16.8. The highest BCUT2D eigenvalue weighted by Crippen LogP contribution is 2.39. The Balaban J connectivity index is 1.69. The summed E-state index contributed by atoms with van der Waals surface area (Å²) in [4.78, 5) is 37.6. The van der Waals surface area contributed by atoms with E-state index in [2.05, 4.69) is 5.32 Å². The lowest BCUT2D eigenvalue weighted by molar-refractivity contribution is -0.119. The van der Waals surface area contributed by atoms with Gasteiger partial charge in [0.1, 0.15) is 5.00 Å². The van der Waals surface area contributed by atoms with Crippen LogP contribution in [0.15, 0.2) is 12.1 Å². The number of carbonyl (C=O) groups is 3. The number of hydrogen-bond acceptors (Lipinski definition) is 8. The molecule has 3 N–H and O–H groups in total. The summed E-state index contributed by atoms with van der Waals surface area (Å²) < 4.78 is 20.7. The van der Waals surface area contributed by atoms with E-state index in [1.54, 1.807) is 0 Å². The monoisotopic (exact) mass is 434 g/mol. The van der Waals surface area contributed by atoms with Crippen molar-refractivity contribution in [3.8, 4) is 17.2 Å². The summed E-state index contributed by atoms with van der Waals surface area (Å²) in [5.41, 5.74) is 6.86. The molecule has 160 valence electrons. The number of ether oxygens (including phenoxy) is 4. The average molecular weight is 434 g/mol. The van der Waals surface area contributed by atoms with Crippen LogP contribution >= 0.6 is 11.3 Å². The van der Waals surface area contributed by atoms with E-state index in [-0.39, 0.29) is 17.1 Å². The van der Waals surface area contributed by atoms with E-state index in [4.69, 9.17) is 24.7 Å². The highest BCUT2D eigenvalue weighted by molar-refractivity contribution is 7.17. The molecule has 1 aliphatic rings. The lowest BCUT2D eigenvalue weighted by Gasteiger charge is -2.13. The zero-order valence-corrected chi connectivity index (χ0v) is 17.6. The lowest BCUT2D eigenvalue weighted by Crippen LogP contribution is -2.22. The summed E-state index contributed by atoms with van der Waals surface area (Å²) in [5.74, 6) is -0.996. The minimum atomic E-state index is -0.742. The van der Waals surface area contributed by atoms with Crippen LogP contribution in [0, 0.1) is 0 Å². The first kappa shape index (κ1) is 21.4. The van der Waals surface area contributed by atoms with Crippen molar-refractivity contribution in [2.24, 2.45) is 5.73 Å². The Morgan fingerprint density at radius 1 is 1.07 bits per heavy atom. The first-order valence-electron chi connectivity index (χ1n) is 9.10. The zero-order chi connectivity index (χ0) is 21.8. The van der Waals surface area contributed by atoms with Gasteiger partial charge >= 0.3 is 5.97 Å². The van der Waals surface area contributed by atoms with Gasteiger partial charge in [0.25, 0.3) is 11.8 Å². The van der Waals surface area contributed by atoms with Gasteiger partial charge in [-0.2, -0.15) is 0 Å². The second-order valence-corrected chi connectivity index (χ2v) is 7.57. The molecule has 0 radical (unpaired) electrons. The topological polar surface area (TPSA) is 126 Å². The van der Waals surface area contributed by atoms with E-state index in [0.29, 0.717) is 16.3 Å². The van der Waals surface area contributed by atoms with Gasteiger partial charge < -0.3 is 30.0 Å². The number of fused-ring (bicyclic) bond motifs is 1. The third-order valence-corrected chi connectivity index (χ3v) is 5.86. The number of primary amides is 1. The van der Waals surface area contributed by atoms with Crippen LogP contribution in [0.1, 0.15) is 37.6 Å². The molecule has 0 saturated carbocycles. The number of nitrogens with one attached hydrogen (secondary N) is 1. The number of nitrogens with two attached hydrogens (primary N) is 1. The van der Waals surface area contributed by atoms with Gasteiger partial charge in [-0.25, -0.2) is 4.79 Å². The molecule has 0 bridgehead atoms. The van der Waals surface area contributed by atoms with E-state index < -0.39 is 24.4 Å². The van der Waals surface area contributed by atoms with Crippen LogP contribution in [0.2, 0.25) is 0 Å². The van der Waals surface area contributed by atoms with Crippen molar-refractivity contribution in [3.05, 3.63) is 33.7 Å². The van der Waals surface area contributed by atoms with Gasteiger partial charge in [0.2, 0.25) is 5.75 Å². The fourth-order valence-electron chi connectivity index (χ4n) is 3.33. The average Bonchev–Trinajstić information content (AvgIpc) is 3.31. The van der Waals surface area contributed by atoms with Gasteiger partial charge in [-0.3, -0.25) is 9.59 Å². The second kappa shape index (κ2) is 9.04. The van der Waals surface area contributed by atoms with Crippen LogP contribution in [0.25, 0.3) is 0 Å². The number of anilines is 1. The van der Waals surface area contributed by atoms with Crippen molar-refractivity contribution >= 4 is 34.1 Å². The highest BCUT2D eigenvalue weighted by Gasteiger charge is 2.26. The van der Waals surface area contributed by atoms with E-state index >= 15 is 0 Å². The highest BCUT2D eigenvalue weighted by atomic mass is 32.1. The number of amides is 2. The Kier molecular flexibility index (Phi) is 6.46. The fraction of sp³-hybridized carbons (Fsp3) is 0.350. The van der Waals surface area contributed by atoms with Crippen molar-refractivity contribution in [2.75, 3.05) is 33.3 Å². The summed E-state index contributed by atoms with van der Waals surface area (Å²) in [5, 5.41) is 3.01. The first-order valence-corrected chi connectivity index (χ1v) is 9.92. The molecule has 1 aromatic heterocycles. The maximum Gasteiger partial charge on any atom is 0.338 e. The van der Waals surface area contributed by atoms with E-state index in [1.165, 1.54) is 44.8 Å². The Labute approximate surface area is 177 Å². The molecule has 0 unspecified atom stereocenters. The van der Waals surface area contributed by atoms with Crippen LogP contribution in [0.3, 0.4) is 0 Å². The maximum atomic E-state index is 12.4. The predicted octanol–water partition coefficient (Wildman–Crippen LogP) is 2.16. The summed E-state index contributed by atoms with van der Waals surface area (Å²) in [6.07, 6.45) is 2.57. The van der Waals surface area contributed by atoms with Gasteiger partial charge in [-0.1, -0.05) is 0 Å². The maximum absolute atomic E-state index is 12.4. The minimum Gasteiger partial charge on any atom is -0.493 e. The smallest absolute Gasteiger partial charge is 0.338 e. The third kappa shape index (κ3) is 4.18. The molecule has 2 aromatic rings. The second-order valence-electron chi connectivity index (χ2n) is 6.46. The minimum absolute atomic E-state index is 0.130. The molecule has 1 aromatic carbocycles. The van der Waals surface area contributed by atoms with Crippen LogP contribution in [-0.2, 0) is 22.4 Å². The molecule has 10 heteroatoms. The van der Waals surface area contributed by atoms with Gasteiger partial charge in [-0.15, -0.1) is 11.3 Å². The first-order chi connectivity index (χ1) is 14.4. The molecule has 30 heavy (non-hydrogen) atoms. The number of thiophene rings is 1. The van der Waals surface area contributed by atoms with Crippen molar-refractivity contribution in [1.29, 1.82) is 0 Å². The molecule has 9 nitrogen and oxygen atoms in total. The van der Waals surface area contributed by atoms with Gasteiger partial charge in [0.15, 0.2) is 18.1 Å².